The number of carbonyl (C=O) groups excluding carboxylic acids is 1. The quantitative estimate of drug-likeness (QED) is 0.628. The van der Waals surface area contributed by atoms with Gasteiger partial charge in [0, 0.05) is 16.8 Å². The van der Waals surface area contributed by atoms with Crippen LogP contribution in [-0.4, -0.2) is 5.78 Å². The molecule has 0 aliphatic rings. The number of halogens is 1. The molecule has 0 amide bonds. The van der Waals surface area contributed by atoms with Gasteiger partial charge in [-0.05, 0) is 54.8 Å². The number of furan rings is 1. The first-order valence-corrected chi connectivity index (χ1v) is 7.19. The summed E-state index contributed by atoms with van der Waals surface area (Å²) in [5.74, 6) is 0.357. The summed E-state index contributed by atoms with van der Waals surface area (Å²) >= 11 is 5.94. The van der Waals surface area contributed by atoms with Gasteiger partial charge >= 0.3 is 0 Å². The Morgan fingerprint density at radius 2 is 1.86 bits per heavy atom. The fourth-order valence-corrected chi connectivity index (χ4v) is 2.52. The van der Waals surface area contributed by atoms with Crippen LogP contribution in [0.15, 0.2) is 46.9 Å². The van der Waals surface area contributed by atoms with Crippen molar-refractivity contribution in [3.8, 4) is 0 Å². The number of aryl methyl sites for hydroxylation is 2. The molecule has 2 aromatic carbocycles. The van der Waals surface area contributed by atoms with Crippen LogP contribution in [0, 0.1) is 13.8 Å². The molecule has 106 valence electrons. The van der Waals surface area contributed by atoms with Gasteiger partial charge in [-0.3, -0.25) is 4.79 Å². The average molecular weight is 299 g/mol. The first-order valence-electron chi connectivity index (χ1n) is 6.81. The SMILES string of the molecule is Cc1ccc(CC(=O)c2cc3cc(Cl)ccc3o2)cc1C. The molecule has 1 heterocycles. The molecule has 0 radical (unpaired) electrons. The summed E-state index contributed by atoms with van der Waals surface area (Å²) in [6.07, 6.45) is 0.342. The van der Waals surface area contributed by atoms with Gasteiger partial charge in [0.2, 0.25) is 5.78 Å². The van der Waals surface area contributed by atoms with Crippen molar-refractivity contribution in [1.29, 1.82) is 0 Å². The van der Waals surface area contributed by atoms with E-state index in [1.165, 1.54) is 11.1 Å². The minimum atomic E-state index is -0.0226. The Bertz CT molecular complexity index is 830. The monoisotopic (exact) mass is 298 g/mol. The lowest BCUT2D eigenvalue weighted by atomic mass is 10.0. The molecule has 0 saturated carbocycles. The Morgan fingerprint density at radius 3 is 2.62 bits per heavy atom. The average Bonchev–Trinajstić information content (AvgIpc) is 2.86. The van der Waals surface area contributed by atoms with Crippen LogP contribution in [0.2, 0.25) is 5.02 Å². The molecule has 2 nitrogen and oxygen atoms in total. The van der Waals surface area contributed by atoms with E-state index in [1.807, 2.05) is 25.1 Å². The van der Waals surface area contributed by atoms with E-state index in [0.717, 1.165) is 10.9 Å². The van der Waals surface area contributed by atoms with Crippen molar-refractivity contribution in [3.63, 3.8) is 0 Å². The number of benzene rings is 2. The Hall–Kier alpha value is -2.06. The number of hydrogen-bond donors (Lipinski definition) is 0. The predicted octanol–water partition coefficient (Wildman–Crippen LogP) is 5.13. The lowest BCUT2D eigenvalue weighted by Gasteiger charge is -2.03. The third-order valence-electron chi connectivity index (χ3n) is 3.69. The number of Topliss-reactive ketones (excluding diaryl/α,β-unsaturated/α-hetero) is 1. The number of carbonyl (C=O) groups is 1. The third kappa shape index (κ3) is 2.86. The van der Waals surface area contributed by atoms with Gasteiger partial charge in [0.1, 0.15) is 5.58 Å². The van der Waals surface area contributed by atoms with Crippen LogP contribution in [0.3, 0.4) is 0 Å². The summed E-state index contributed by atoms with van der Waals surface area (Å²) < 4.78 is 5.60. The van der Waals surface area contributed by atoms with Crippen LogP contribution in [0.5, 0.6) is 0 Å². The highest BCUT2D eigenvalue weighted by Gasteiger charge is 2.13. The number of fused-ring (bicyclic) bond motifs is 1. The molecule has 0 fully saturated rings. The molecule has 21 heavy (non-hydrogen) atoms. The molecule has 0 aliphatic carbocycles. The van der Waals surface area contributed by atoms with Gasteiger partial charge in [0.05, 0.1) is 0 Å². The normalized spacial score (nSPS) is 11.0. The van der Waals surface area contributed by atoms with Crippen LogP contribution in [0.1, 0.15) is 27.2 Å². The van der Waals surface area contributed by atoms with Gasteiger partial charge in [-0.2, -0.15) is 0 Å². The molecule has 3 aromatic rings. The van der Waals surface area contributed by atoms with Crippen LogP contribution in [0.4, 0.5) is 0 Å². The maximum Gasteiger partial charge on any atom is 0.202 e. The highest BCUT2D eigenvalue weighted by molar-refractivity contribution is 6.31. The van der Waals surface area contributed by atoms with Gasteiger partial charge in [-0.15, -0.1) is 0 Å². The second kappa shape index (κ2) is 5.38. The predicted molar refractivity (Wildman–Crippen MR) is 85.2 cm³/mol. The lowest BCUT2D eigenvalue weighted by Crippen LogP contribution is -2.02. The molecule has 0 aliphatic heterocycles. The van der Waals surface area contributed by atoms with Gasteiger partial charge in [0.15, 0.2) is 5.76 Å². The molecule has 0 N–H and O–H groups in total. The van der Waals surface area contributed by atoms with E-state index in [2.05, 4.69) is 6.92 Å². The van der Waals surface area contributed by atoms with Crippen LogP contribution in [-0.2, 0) is 6.42 Å². The van der Waals surface area contributed by atoms with E-state index in [-0.39, 0.29) is 5.78 Å². The molecule has 0 unspecified atom stereocenters. The topological polar surface area (TPSA) is 30.2 Å². The van der Waals surface area contributed by atoms with Crippen molar-refractivity contribution in [3.05, 3.63) is 69.9 Å². The summed E-state index contributed by atoms with van der Waals surface area (Å²) in [6, 6.07) is 13.2. The fraction of sp³-hybridized carbons (Fsp3) is 0.167. The fourth-order valence-electron chi connectivity index (χ4n) is 2.34. The maximum atomic E-state index is 12.3. The molecular weight excluding hydrogens is 284 g/mol. The highest BCUT2D eigenvalue weighted by atomic mass is 35.5. The van der Waals surface area contributed by atoms with Crippen molar-refractivity contribution in [2.75, 3.05) is 0 Å². The van der Waals surface area contributed by atoms with E-state index in [9.17, 15) is 4.79 Å². The van der Waals surface area contributed by atoms with E-state index in [0.29, 0.717) is 22.8 Å². The highest BCUT2D eigenvalue weighted by Crippen LogP contribution is 2.24. The summed E-state index contributed by atoms with van der Waals surface area (Å²) in [5, 5.41) is 1.49. The lowest BCUT2D eigenvalue weighted by molar-refractivity contribution is 0.0968. The van der Waals surface area contributed by atoms with Crippen molar-refractivity contribution >= 4 is 28.4 Å². The van der Waals surface area contributed by atoms with Gasteiger partial charge in [0.25, 0.3) is 0 Å². The summed E-state index contributed by atoms with van der Waals surface area (Å²) in [6.45, 7) is 4.11. The Labute approximate surface area is 128 Å². The molecule has 1 aromatic heterocycles. The number of rotatable bonds is 3. The van der Waals surface area contributed by atoms with E-state index in [1.54, 1.807) is 24.3 Å². The Kier molecular flexibility index (Phi) is 3.56. The number of hydrogen-bond acceptors (Lipinski definition) is 2. The second-order valence-electron chi connectivity index (χ2n) is 5.31. The van der Waals surface area contributed by atoms with E-state index >= 15 is 0 Å². The van der Waals surface area contributed by atoms with Crippen molar-refractivity contribution < 1.29 is 9.21 Å². The Balaban J connectivity index is 1.87. The van der Waals surface area contributed by atoms with Crippen LogP contribution >= 0.6 is 11.6 Å². The second-order valence-corrected chi connectivity index (χ2v) is 5.75. The number of ketones is 1. The summed E-state index contributed by atoms with van der Waals surface area (Å²) in [7, 11) is 0. The zero-order valence-electron chi connectivity index (χ0n) is 11.9. The smallest absolute Gasteiger partial charge is 0.202 e. The van der Waals surface area contributed by atoms with Crippen molar-refractivity contribution in [2.45, 2.75) is 20.3 Å². The first-order chi connectivity index (χ1) is 10.0. The zero-order valence-corrected chi connectivity index (χ0v) is 12.7. The minimum absolute atomic E-state index is 0.0226. The van der Waals surface area contributed by atoms with Crippen molar-refractivity contribution in [2.24, 2.45) is 0 Å². The van der Waals surface area contributed by atoms with Gasteiger partial charge in [-0.1, -0.05) is 29.8 Å². The maximum absolute atomic E-state index is 12.3. The molecule has 3 heteroatoms. The van der Waals surface area contributed by atoms with Crippen LogP contribution in [0.25, 0.3) is 11.0 Å². The standard InChI is InChI=1S/C18H15ClO2/c1-11-3-4-13(7-12(11)2)8-16(20)18-10-14-9-15(19)5-6-17(14)21-18/h3-7,9-10H,8H2,1-2H3. The Morgan fingerprint density at radius 1 is 1.05 bits per heavy atom. The molecule has 0 atom stereocenters. The molecule has 3 rings (SSSR count). The minimum Gasteiger partial charge on any atom is -0.453 e. The molecule has 0 saturated heterocycles. The van der Waals surface area contributed by atoms with E-state index < -0.39 is 0 Å². The largest absolute Gasteiger partial charge is 0.453 e. The molecular formula is C18H15ClO2. The summed E-state index contributed by atoms with van der Waals surface area (Å²) in [5.41, 5.74) is 4.10. The van der Waals surface area contributed by atoms with E-state index in [4.69, 9.17) is 16.0 Å². The molecule has 0 bridgehead atoms. The first kappa shape index (κ1) is 13.9. The zero-order chi connectivity index (χ0) is 15.0. The molecule has 0 spiro atoms. The summed E-state index contributed by atoms with van der Waals surface area (Å²) in [4.78, 5) is 12.3. The van der Waals surface area contributed by atoms with Crippen molar-refractivity contribution in [1.82, 2.24) is 0 Å². The van der Waals surface area contributed by atoms with Gasteiger partial charge < -0.3 is 4.42 Å². The third-order valence-corrected chi connectivity index (χ3v) is 3.92. The van der Waals surface area contributed by atoms with Crippen LogP contribution < -0.4 is 0 Å². The van der Waals surface area contributed by atoms with Gasteiger partial charge in [-0.25, -0.2) is 0 Å².